The van der Waals surface area contributed by atoms with E-state index in [2.05, 4.69) is 0 Å². The fourth-order valence-electron chi connectivity index (χ4n) is 3.07. The van der Waals surface area contributed by atoms with Crippen molar-refractivity contribution in [2.45, 2.75) is 13.8 Å². The largest absolute Gasteiger partial charge is 0.805 e. The fraction of sp³-hybridized carbons (Fsp3) is 0.200. The van der Waals surface area contributed by atoms with Crippen LogP contribution in [-0.4, -0.2) is 19.0 Å². The van der Waals surface area contributed by atoms with Crippen molar-refractivity contribution in [1.82, 2.24) is 4.73 Å². The number of methoxy groups -OCH3 is 2. The van der Waals surface area contributed by atoms with Gasteiger partial charge in [-0.25, -0.2) is 0 Å². The number of aromatic nitrogens is 2. The van der Waals surface area contributed by atoms with E-state index < -0.39 is 0 Å². The Balaban J connectivity index is 2.37. The first kappa shape index (κ1) is 17.5. The molecule has 0 amide bonds. The molecule has 0 aliphatic heterocycles. The highest BCUT2D eigenvalue weighted by molar-refractivity contribution is 5.70. The molecule has 0 aliphatic rings. The molecule has 1 aromatic heterocycles. The average molecular weight is 352 g/mol. The minimum atomic E-state index is 0.254. The van der Waals surface area contributed by atoms with E-state index in [-0.39, 0.29) is 5.69 Å². The number of ether oxygens (including phenoxy) is 2. The van der Waals surface area contributed by atoms with Crippen molar-refractivity contribution in [3.8, 4) is 34.0 Å². The molecule has 0 saturated carbocycles. The lowest BCUT2D eigenvalue weighted by Crippen LogP contribution is -2.28. The molecule has 0 bridgehead atoms. The summed E-state index contributed by atoms with van der Waals surface area (Å²) in [6.45, 7) is 3.27. The Morgan fingerprint density at radius 2 is 1.58 bits per heavy atom. The van der Waals surface area contributed by atoms with Gasteiger partial charge in [-0.2, -0.15) is 0 Å². The van der Waals surface area contributed by atoms with Crippen LogP contribution in [0.5, 0.6) is 11.5 Å². The smallest absolute Gasteiger partial charge is 0.293 e. The fourth-order valence-corrected chi connectivity index (χ4v) is 3.07. The lowest BCUT2D eigenvalue weighted by atomic mass is 10.0. The van der Waals surface area contributed by atoms with Crippen molar-refractivity contribution in [2.75, 3.05) is 14.2 Å². The normalized spacial score (nSPS) is 10.6. The van der Waals surface area contributed by atoms with Gasteiger partial charge in [0.05, 0.1) is 41.2 Å². The maximum atomic E-state index is 13.3. The third-order valence-corrected chi connectivity index (χ3v) is 4.41. The third kappa shape index (κ3) is 2.79. The zero-order valence-corrected chi connectivity index (χ0v) is 15.1. The van der Waals surface area contributed by atoms with Crippen molar-refractivity contribution >= 4 is 0 Å². The van der Waals surface area contributed by atoms with Gasteiger partial charge in [0, 0.05) is 11.0 Å². The van der Waals surface area contributed by atoms with Crippen LogP contribution in [-0.2, 0) is 0 Å². The highest BCUT2D eigenvalue weighted by Crippen LogP contribution is 2.34. The predicted octanol–water partition coefficient (Wildman–Crippen LogP) is 3.72. The quantitative estimate of drug-likeness (QED) is 0.671. The monoisotopic (exact) mass is 352 g/mol. The van der Waals surface area contributed by atoms with Gasteiger partial charge in [0.25, 0.3) is 11.4 Å². The zero-order chi connectivity index (χ0) is 18.8. The molecule has 3 aromatic rings. The maximum Gasteiger partial charge on any atom is 0.293 e. The Labute approximate surface area is 151 Å². The van der Waals surface area contributed by atoms with Crippen molar-refractivity contribution in [3.05, 3.63) is 70.0 Å². The first-order chi connectivity index (χ1) is 12.5. The molecule has 3 rings (SSSR count). The molecule has 1 heterocycles. The molecule has 134 valence electrons. The minimum Gasteiger partial charge on any atom is -0.805 e. The summed E-state index contributed by atoms with van der Waals surface area (Å²) in [7, 11) is 3.07. The lowest BCUT2D eigenvalue weighted by Gasteiger charge is -2.19. The summed E-state index contributed by atoms with van der Waals surface area (Å²) in [5.74, 6) is 1.06. The van der Waals surface area contributed by atoms with E-state index in [0.29, 0.717) is 39.7 Å². The Kier molecular flexibility index (Phi) is 4.67. The van der Waals surface area contributed by atoms with Crippen molar-refractivity contribution in [1.29, 1.82) is 0 Å². The summed E-state index contributed by atoms with van der Waals surface area (Å²) in [6, 6.07) is 14.3. The molecule has 0 atom stereocenters. The molecule has 0 spiro atoms. The van der Waals surface area contributed by atoms with Gasteiger partial charge < -0.3 is 19.4 Å². The van der Waals surface area contributed by atoms with Crippen LogP contribution >= 0.6 is 0 Å². The molecule has 0 radical (unpaired) electrons. The van der Waals surface area contributed by atoms with Crippen LogP contribution in [0.25, 0.3) is 22.5 Å². The number of hydrogen-bond donors (Lipinski definition) is 0. The Bertz CT molecular complexity index is 1010. The number of benzene rings is 2. The molecule has 6 heteroatoms. The van der Waals surface area contributed by atoms with E-state index in [0.717, 1.165) is 9.16 Å². The molecule has 0 fully saturated rings. The zero-order valence-electron chi connectivity index (χ0n) is 15.1. The van der Waals surface area contributed by atoms with E-state index in [1.807, 2.05) is 18.2 Å². The van der Waals surface area contributed by atoms with E-state index in [1.54, 1.807) is 51.3 Å². The van der Waals surface area contributed by atoms with Gasteiger partial charge in [-0.05, 0) is 38.1 Å². The molecular weight excluding hydrogens is 332 g/mol. The van der Waals surface area contributed by atoms with Gasteiger partial charge in [0.15, 0.2) is 0 Å². The highest BCUT2D eigenvalue weighted by Gasteiger charge is 2.28. The summed E-state index contributed by atoms with van der Waals surface area (Å²) in [5, 5.41) is 12.7. The Hall–Kier alpha value is -3.28. The average Bonchev–Trinajstić information content (AvgIpc) is 2.67. The second kappa shape index (κ2) is 6.92. The van der Waals surface area contributed by atoms with Crippen LogP contribution in [0, 0.1) is 24.0 Å². The van der Waals surface area contributed by atoms with Crippen LogP contribution in [0.4, 0.5) is 0 Å². The number of hydrogen-bond acceptors (Lipinski definition) is 4. The second-order valence-corrected chi connectivity index (χ2v) is 5.89. The standard InChI is InChI=1S/C20H20N2O4/c1-13-19(15-8-6-5-7-9-15)22(24)20(14(2)21(13)23)17-11-10-16(25-3)12-18(17)26-4/h5-12H,1-4H3. The summed E-state index contributed by atoms with van der Waals surface area (Å²) < 4.78 is 12.2. The molecule has 2 aromatic carbocycles. The molecule has 0 aliphatic carbocycles. The van der Waals surface area contributed by atoms with Crippen LogP contribution < -0.4 is 13.9 Å². The molecule has 6 nitrogen and oxygen atoms in total. The van der Waals surface area contributed by atoms with Gasteiger partial charge in [-0.1, -0.05) is 18.2 Å². The van der Waals surface area contributed by atoms with Crippen molar-refractivity contribution in [2.24, 2.45) is 0 Å². The number of rotatable bonds is 4. The minimum absolute atomic E-state index is 0.254. The van der Waals surface area contributed by atoms with Gasteiger partial charge >= 0.3 is 0 Å². The van der Waals surface area contributed by atoms with Crippen LogP contribution in [0.15, 0.2) is 48.5 Å². The first-order valence-corrected chi connectivity index (χ1v) is 8.13. The SMILES string of the molecule is COc1ccc(-c2c(C)n([O-])c(C)c(-c3ccccc3)[n+]2=O)c(OC)c1. The topological polar surface area (TPSA) is 69.4 Å². The summed E-state index contributed by atoms with van der Waals surface area (Å²) in [4.78, 5) is 13.3. The van der Waals surface area contributed by atoms with E-state index in [1.165, 1.54) is 7.11 Å². The molecule has 26 heavy (non-hydrogen) atoms. The summed E-state index contributed by atoms with van der Waals surface area (Å²) in [6.07, 6.45) is 0. The van der Waals surface area contributed by atoms with Crippen molar-refractivity contribution in [3.63, 3.8) is 0 Å². The molecular formula is C20H20N2O4. The van der Waals surface area contributed by atoms with Crippen LogP contribution in [0.2, 0.25) is 0 Å². The highest BCUT2D eigenvalue weighted by atomic mass is 16.5. The number of nitrogens with zero attached hydrogens (tertiary/aromatic N) is 2. The summed E-state index contributed by atoms with van der Waals surface area (Å²) in [5.41, 5.74) is 2.43. The van der Waals surface area contributed by atoms with Gasteiger partial charge in [0.2, 0.25) is 0 Å². The van der Waals surface area contributed by atoms with Gasteiger partial charge in [-0.15, -0.1) is 0 Å². The van der Waals surface area contributed by atoms with Crippen molar-refractivity contribution < 1.29 is 13.9 Å². The molecule has 0 unspecified atom stereocenters. The second-order valence-electron chi connectivity index (χ2n) is 5.89. The first-order valence-electron chi connectivity index (χ1n) is 8.13. The van der Waals surface area contributed by atoms with E-state index in [9.17, 15) is 10.1 Å². The van der Waals surface area contributed by atoms with E-state index in [4.69, 9.17) is 9.47 Å². The Morgan fingerprint density at radius 1 is 0.923 bits per heavy atom. The molecule has 0 saturated heterocycles. The lowest BCUT2D eigenvalue weighted by molar-refractivity contribution is -0.471. The Morgan fingerprint density at radius 3 is 2.19 bits per heavy atom. The van der Waals surface area contributed by atoms with Crippen LogP contribution in [0.3, 0.4) is 0 Å². The van der Waals surface area contributed by atoms with Gasteiger partial charge in [0.1, 0.15) is 11.5 Å². The predicted molar refractivity (Wildman–Crippen MR) is 100 cm³/mol. The van der Waals surface area contributed by atoms with E-state index >= 15 is 0 Å². The van der Waals surface area contributed by atoms with Gasteiger partial charge in [-0.3, -0.25) is 0 Å². The maximum absolute atomic E-state index is 13.3. The summed E-state index contributed by atoms with van der Waals surface area (Å²) >= 11 is 0. The third-order valence-electron chi connectivity index (χ3n) is 4.41. The molecule has 0 N–H and O–H groups in total. The van der Waals surface area contributed by atoms with Crippen LogP contribution in [0.1, 0.15) is 11.4 Å².